The van der Waals surface area contributed by atoms with Crippen LogP contribution in [-0.4, -0.2) is 55.4 Å². The largest absolute Gasteiger partial charge is 0.447 e. The Morgan fingerprint density at radius 1 is 1.40 bits per heavy atom. The van der Waals surface area contributed by atoms with Crippen LogP contribution in [0.25, 0.3) is 0 Å². The Kier molecular flexibility index (Phi) is 7.04. The first-order chi connectivity index (χ1) is 12.0. The van der Waals surface area contributed by atoms with Gasteiger partial charge >= 0.3 is 6.09 Å². The van der Waals surface area contributed by atoms with E-state index in [2.05, 4.69) is 15.6 Å². The Morgan fingerprint density at radius 3 is 2.88 bits per heavy atom. The van der Waals surface area contributed by atoms with Crippen LogP contribution in [0.15, 0.2) is 12.4 Å². The summed E-state index contributed by atoms with van der Waals surface area (Å²) in [6.45, 7) is 0.975. The molecule has 1 aromatic rings. The lowest BCUT2D eigenvalue weighted by molar-refractivity contribution is -0.114. The van der Waals surface area contributed by atoms with Crippen molar-refractivity contribution >= 4 is 17.7 Å². The molecule has 0 unspecified atom stereocenters. The molecule has 25 heavy (non-hydrogen) atoms. The summed E-state index contributed by atoms with van der Waals surface area (Å²) in [5, 5.41) is 5.70. The molecule has 10 heteroatoms. The molecular weight excluding hydrogens is 333 g/mol. The highest BCUT2D eigenvalue weighted by molar-refractivity contribution is 5.92. The third kappa shape index (κ3) is 5.93. The quantitative estimate of drug-likeness (QED) is 0.517. The Morgan fingerprint density at radius 2 is 2.16 bits per heavy atom. The van der Waals surface area contributed by atoms with E-state index in [4.69, 9.17) is 20.9 Å². The second-order valence-electron chi connectivity index (χ2n) is 5.61. The maximum atomic E-state index is 14.1. The summed E-state index contributed by atoms with van der Waals surface area (Å²) in [7, 11) is 0. The lowest BCUT2D eigenvalue weighted by atomic mass is 10.0. The smallest absolute Gasteiger partial charge is 0.404 e. The first kappa shape index (κ1) is 19.0. The van der Waals surface area contributed by atoms with Crippen LogP contribution in [0.4, 0.5) is 14.9 Å². The number of carbonyl (C=O) groups is 2. The number of amides is 2. The molecule has 0 radical (unpaired) electrons. The van der Waals surface area contributed by atoms with Gasteiger partial charge in [0.25, 0.3) is 0 Å². The van der Waals surface area contributed by atoms with Crippen LogP contribution < -0.4 is 22.1 Å². The van der Waals surface area contributed by atoms with Crippen LogP contribution in [0.1, 0.15) is 12.0 Å². The van der Waals surface area contributed by atoms with E-state index < -0.39 is 17.8 Å². The maximum absolute atomic E-state index is 14.1. The summed E-state index contributed by atoms with van der Waals surface area (Å²) in [4.78, 5) is 25.8. The number of rotatable bonds is 7. The van der Waals surface area contributed by atoms with Gasteiger partial charge in [-0.15, -0.1) is 0 Å². The number of ether oxygens (including phenoxy) is 2. The van der Waals surface area contributed by atoms with Gasteiger partial charge in [-0.3, -0.25) is 9.78 Å². The number of hydrogen-bond acceptors (Lipinski definition) is 7. The molecule has 9 nitrogen and oxygen atoms in total. The highest BCUT2D eigenvalue weighted by Gasteiger charge is 2.24. The van der Waals surface area contributed by atoms with Crippen molar-refractivity contribution in [3.05, 3.63) is 23.8 Å². The molecule has 2 atom stereocenters. The van der Waals surface area contributed by atoms with Crippen LogP contribution >= 0.6 is 0 Å². The Hall–Kier alpha value is -2.30. The molecule has 0 aliphatic carbocycles. The Bertz CT molecular complexity index is 616. The lowest BCUT2D eigenvalue weighted by Gasteiger charge is -2.30. The Balaban J connectivity index is 1.94. The van der Waals surface area contributed by atoms with Gasteiger partial charge < -0.3 is 31.6 Å². The molecule has 1 aromatic heterocycles. The number of nitrogens with zero attached hydrogens (tertiary/aromatic N) is 1. The summed E-state index contributed by atoms with van der Waals surface area (Å²) in [5.74, 6) is -0.930. The molecule has 0 bridgehead atoms. The van der Waals surface area contributed by atoms with Gasteiger partial charge in [-0.2, -0.15) is 0 Å². The van der Waals surface area contributed by atoms with Crippen molar-refractivity contribution in [2.75, 3.05) is 31.6 Å². The van der Waals surface area contributed by atoms with E-state index in [9.17, 15) is 14.0 Å². The molecule has 1 fully saturated rings. The zero-order valence-electron chi connectivity index (χ0n) is 13.7. The Labute approximate surface area is 144 Å². The van der Waals surface area contributed by atoms with Crippen molar-refractivity contribution < 1.29 is 23.5 Å². The van der Waals surface area contributed by atoms with Gasteiger partial charge in [0.05, 0.1) is 30.7 Å². The van der Waals surface area contributed by atoms with Crippen LogP contribution in [-0.2, 0) is 20.7 Å². The monoisotopic (exact) mass is 355 g/mol. The summed E-state index contributed by atoms with van der Waals surface area (Å²) in [6, 6.07) is 0. The minimum atomic E-state index is -0.857. The normalized spacial score (nSPS) is 20.1. The second kappa shape index (κ2) is 9.25. The van der Waals surface area contributed by atoms with E-state index in [1.54, 1.807) is 0 Å². The maximum Gasteiger partial charge on any atom is 0.404 e. The van der Waals surface area contributed by atoms with Crippen LogP contribution in [0.3, 0.4) is 0 Å². The molecule has 0 aromatic carbocycles. The lowest BCUT2D eigenvalue weighted by Crippen LogP contribution is -2.47. The predicted octanol–water partition coefficient (Wildman–Crippen LogP) is -0.497. The third-order valence-corrected chi connectivity index (χ3v) is 3.72. The molecular formula is C15H22FN5O4. The highest BCUT2D eigenvalue weighted by atomic mass is 19.1. The first-order valence-corrected chi connectivity index (χ1v) is 7.90. The van der Waals surface area contributed by atoms with Crippen LogP contribution in [0.5, 0.6) is 0 Å². The van der Waals surface area contributed by atoms with Gasteiger partial charge in [0.15, 0.2) is 0 Å². The standard InChI is InChI=1S/C15H22FN5O4/c16-12-6-20-7-13(21-14(22)3-17)11(12)2-1-9-4-19-5-10(25-9)8-24-15(18)23/h6-7,9-10,19H,1-5,8,17H2,(H2,18,23)(H,21,22)/t9-,10+/m1/s1. The van der Waals surface area contributed by atoms with Gasteiger partial charge in [-0.1, -0.05) is 0 Å². The van der Waals surface area contributed by atoms with Crippen molar-refractivity contribution in [2.45, 2.75) is 25.0 Å². The van der Waals surface area contributed by atoms with Crippen molar-refractivity contribution in [3.8, 4) is 0 Å². The highest BCUT2D eigenvalue weighted by Crippen LogP contribution is 2.21. The molecule has 1 aliphatic rings. The van der Waals surface area contributed by atoms with E-state index in [-0.39, 0.29) is 25.4 Å². The van der Waals surface area contributed by atoms with E-state index in [0.29, 0.717) is 37.2 Å². The number of halogens is 1. The number of anilines is 1. The molecule has 1 aliphatic heterocycles. The topological polar surface area (TPSA) is 142 Å². The van der Waals surface area contributed by atoms with E-state index in [0.717, 1.165) is 6.20 Å². The summed E-state index contributed by atoms with van der Waals surface area (Å²) in [5.41, 5.74) is 10.8. The van der Waals surface area contributed by atoms with Crippen molar-refractivity contribution in [1.29, 1.82) is 0 Å². The van der Waals surface area contributed by atoms with Crippen molar-refractivity contribution in [2.24, 2.45) is 11.5 Å². The fourth-order valence-corrected chi connectivity index (χ4v) is 2.55. The van der Waals surface area contributed by atoms with Crippen molar-refractivity contribution in [1.82, 2.24) is 10.3 Å². The van der Waals surface area contributed by atoms with Gasteiger partial charge in [0, 0.05) is 18.7 Å². The average Bonchev–Trinajstić information content (AvgIpc) is 2.59. The minimum absolute atomic E-state index is 0.0558. The number of aromatic nitrogens is 1. The van der Waals surface area contributed by atoms with E-state index in [1.807, 2.05) is 0 Å². The summed E-state index contributed by atoms with van der Waals surface area (Å²) in [6.07, 6.45) is 1.96. The number of hydrogen-bond donors (Lipinski definition) is 4. The molecule has 138 valence electrons. The fourth-order valence-electron chi connectivity index (χ4n) is 2.55. The molecule has 0 saturated carbocycles. The number of nitrogens with two attached hydrogens (primary N) is 2. The molecule has 2 heterocycles. The van der Waals surface area contributed by atoms with Crippen LogP contribution in [0.2, 0.25) is 0 Å². The van der Waals surface area contributed by atoms with Gasteiger partial charge in [-0.05, 0) is 12.8 Å². The zero-order chi connectivity index (χ0) is 18.2. The molecule has 0 spiro atoms. The third-order valence-electron chi connectivity index (χ3n) is 3.72. The van der Waals surface area contributed by atoms with Crippen molar-refractivity contribution in [3.63, 3.8) is 0 Å². The van der Waals surface area contributed by atoms with E-state index >= 15 is 0 Å². The van der Waals surface area contributed by atoms with E-state index in [1.165, 1.54) is 6.20 Å². The summed E-state index contributed by atoms with van der Waals surface area (Å²) >= 11 is 0. The molecule has 2 amide bonds. The number of carbonyl (C=O) groups excluding carboxylic acids is 2. The molecule has 2 rings (SSSR count). The molecule has 6 N–H and O–H groups in total. The minimum Gasteiger partial charge on any atom is -0.447 e. The fraction of sp³-hybridized carbons (Fsp3) is 0.533. The first-order valence-electron chi connectivity index (χ1n) is 7.90. The van der Waals surface area contributed by atoms with Gasteiger partial charge in [0.2, 0.25) is 5.91 Å². The van der Waals surface area contributed by atoms with Crippen LogP contribution in [0, 0.1) is 5.82 Å². The zero-order valence-corrected chi connectivity index (χ0v) is 13.7. The number of nitrogens with one attached hydrogen (secondary N) is 2. The summed E-state index contributed by atoms with van der Waals surface area (Å²) < 4.78 is 24.6. The second-order valence-corrected chi connectivity index (χ2v) is 5.61. The van der Waals surface area contributed by atoms with Gasteiger partial charge in [0.1, 0.15) is 18.5 Å². The number of pyridine rings is 1. The molecule has 1 saturated heterocycles. The SMILES string of the molecule is NCC(=O)Nc1cncc(F)c1CC[C@@H]1CNC[C@@H](COC(N)=O)O1. The van der Waals surface area contributed by atoms with Gasteiger partial charge in [-0.25, -0.2) is 9.18 Å². The number of primary amides is 1. The average molecular weight is 355 g/mol. The number of morpholine rings is 1. The predicted molar refractivity (Wildman–Crippen MR) is 87.3 cm³/mol.